The van der Waals surface area contributed by atoms with Gasteiger partial charge in [0.25, 0.3) is 0 Å². The average molecular weight is 411 g/mol. The Morgan fingerprint density at radius 3 is 1.23 bits per heavy atom. The monoisotopic (exact) mass is 411 g/mol. The van der Waals surface area contributed by atoms with E-state index in [4.69, 9.17) is 14.2 Å². The first-order chi connectivity index (χ1) is 15.3. The van der Waals surface area contributed by atoms with E-state index >= 15 is 0 Å². The molecule has 155 valence electrons. The maximum Gasteiger partial charge on any atom is 0.204 e. The molecular formula is C27H23O4. The van der Waals surface area contributed by atoms with Crippen molar-refractivity contribution in [3.8, 4) is 23.0 Å². The SMILES string of the molecule is [O]c1cc(OCc2ccccc2)c(OCc2ccccc2)c(OCc2ccccc2)c1. The molecule has 0 N–H and O–H groups in total. The number of hydrogen-bond acceptors (Lipinski definition) is 3. The third-order valence-corrected chi connectivity index (χ3v) is 4.69. The van der Waals surface area contributed by atoms with Crippen LogP contribution in [0.4, 0.5) is 0 Å². The summed E-state index contributed by atoms with van der Waals surface area (Å²) in [4.78, 5) is 0. The normalized spacial score (nSPS) is 10.5. The van der Waals surface area contributed by atoms with E-state index in [1.54, 1.807) is 0 Å². The van der Waals surface area contributed by atoms with Gasteiger partial charge >= 0.3 is 0 Å². The van der Waals surface area contributed by atoms with Crippen LogP contribution in [0.1, 0.15) is 16.7 Å². The van der Waals surface area contributed by atoms with Crippen molar-refractivity contribution >= 4 is 0 Å². The Kier molecular flexibility index (Phi) is 6.71. The molecule has 4 rings (SSSR count). The lowest BCUT2D eigenvalue weighted by Gasteiger charge is -2.17. The van der Waals surface area contributed by atoms with Crippen LogP contribution in [0.5, 0.6) is 23.0 Å². The standard InChI is InChI=1S/C27H23O4/c28-24-16-25(29-18-21-10-4-1-5-11-21)27(31-20-23-14-8-3-9-15-23)26(17-24)30-19-22-12-6-2-7-13-22/h1-17H,18-20H2. The molecule has 0 saturated carbocycles. The molecule has 4 aromatic rings. The summed E-state index contributed by atoms with van der Waals surface area (Å²) in [5.41, 5.74) is 3.01. The molecule has 0 amide bonds. The third-order valence-electron chi connectivity index (χ3n) is 4.69. The van der Waals surface area contributed by atoms with Crippen LogP contribution in [0.3, 0.4) is 0 Å². The Balaban J connectivity index is 1.58. The second-order valence-electron chi connectivity index (χ2n) is 7.07. The predicted molar refractivity (Wildman–Crippen MR) is 119 cm³/mol. The predicted octanol–water partition coefficient (Wildman–Crippen LogP) is 6.57. The van der Waals surface area contributed by atoms with Crippen LogP contribution in [0.15, 0.2) is 103 Å². The Morgan fingerprint density at radius 1 is 0.484 bits per heavy atom. The smallest absolute Gasteiger partial charge is 0.204 e. The lowest BCUT2D eigenvalue weighted by Crippen LogP contribution is -2.04. The fourth-order valence-electron chi connectivity index (χ4n) is 3.11. The highest BCUT2D eigenvalue weighted by atomic mass is 16.5. The molecule has 0 aliphatic carbocycles. The quantitative estimate of drug-likeness (QED) is 0.313. The van der Waals surface area contributed by atoms with E-state index in [0.717, 1.165) is 16.7 Å². The maximum atomic E-state index is 12.3. The zero-order valence-electron chi connectivity index (χ0n) is 17.1. The van der Waals surface area contributed by atoms with Crippen LogP contribution >= 0.6 is 0 Å². The van der Waals surface area contributed by atoms with E-state index in [0.29, 0.717) is 37.1 Å². The largest absolute Gasteiger partial charge is 0.485 e. The van der Waals surface area contributed by atoms with E-state index < -0.39 is 0 Å². The Bertz CT molecular complexity index is 1020. The third kappa shape index (κ3) is 5.80. The molecule has 4 nitrogen and oxygen atoms in total. The number of hydrogen-bond donors (Lipinski definition) is 0. The summed E-state index contributed by atoms with van der Waals surface area (Å²) in [6, 6.07) is 32.3. The van der Waals surface area contributed by atoms with Crippen LogP contribution in [0, 0.1) is 0 Å². The summed E-state index contributed by atoms with van der Waals surface area (Å²) in [5, 5.41) is 12.3. The van der Waals surface area contributed by atoms with Gasteiger partial charge in [-0.25, -0.2) is 0 Å². The molecule has 0 spiro atoms. The second-order valence-corrected chi connectivity index (χ2v) is 7.07. The molecule has 31 heavy (non-hydrogen) atoms. The van der Waals surface area contributed by atoms with Gasteiger partial charge in [-0.3, -0.25) is 5.11 Å². The van der Waals surface area contributed by atoms with Crippen LogP contribution in [-0.4, -0.2) is 0 Å². The van der Waals surface area contributed by atoms with E-state index in [1.807, 2.05) is 91.0 Å². The van der Waals surface area contributed by atoms with E-state index in [2.05, 4.69) is 0 Å². The first kappa shape index (κ1) is 20.4. The zero-order valence-corrected chi connectivity index (χ0v) is 17.1. The maximum absolute atomic E-state index is 12.3. The summed E-state index contributed by atoms with van der Waals surface area (Å²) in [5.74, 6) is 0.971. The molecule has 0 atom stereocenters. The number of rotatable bonds is 9. The molecule has 0 bridgehead atoms. The second kappa shape index (κ2) is 10.2. The average Bonchev–Trinajstić information content (AvgIpc) is 2.82. The van der Waals surface area contributed by atoms with Gasteiger partial charge in [0.05, 0.1) is 0 Å². The number of benzene rings is 4. The minimum atomic E-state index is -0.196. The minimum Gasteiger partial charge on any atom is -0.485 e. The molecule has 0 unspecified atom stereocenters. The van der Waals surface area contributed by atoms with E-state index in [-0.39, 0.29) is 5.75 Å². The Labute approximate surface area is 182 Å². The van der Waals surface area contributed by atoms with Crippen molar-refractivity contribution in [1.82, 2.24) is 0 Å². The molecule has 0 saturated heterocycles. The summed E-state index contributed by atoms with van der Waals surface area (Å²) >= 11 is 0. The number of ether oxygens (including phenoxy) is 3. The highest BCUT2D eigenvalue weighted by Crippen LogP contribution is 2.42. The van der Waals surface area contributed by atoms with Gasteiger partial charge < -0.3 is 14.2 Å². The van der Waals surface area contributed by atoms with Crippen molar-refractivity contribution in [2.75, 3.05) is 0 Å². The zero-order chi connectivity index (χ0) is 21.3. The molecule has 0 aliphatic rings. The topological polar surface area (TPSA) is 47.6 Å². The van der Waals surface area contributed by atoms with Crippen LogP contribution < -0.4 is 14.2 Å². The molecule has 0 aromatic heterocycles. The van der Waals surface area contributed by atoms with Crippen LogP contribution in [-0.2, 0) is 24.9 Å². The van der Waals surface area contributed by atoms with Gasteiger partial charge in [0.15, 0.2) is 17.2 Å². The first-order valence-corrected chi connectivity index (χ1v) is 10.1. The summed E-state index contributed by atoms with van der Waals surface area (Å²) < 4.78 is 18.1. The lowest BCUT2D eigenvalue weighted by atomic mass is 10.2. The fourth-order valence-corrected chi connectivity index (χ4v) is 3.11. The van der Waals surface area contributed by atoms with E-state index in [9.17, 15) is 5.11 Å². The summed E-state index contributed by atoms with van der Waals surface area (Å²) in [6.07, 6.45) is 0. The minimum absolute atomic E-state index is 0.196. The molecule has 0 aliphatic heterocycles. The Hall–Kier alpha value is -3.92. The molecular weight excluding hydrogens is 388 g/mol. The molecule has 4 aromatic carbocycles. The van der Waals surface area contributed by atoms with Gasteiger partial charge in [-0.15, -0.1) is 0 Å². The summed E-state index contributed by atoms with van der Waals surface area (Å²) in [6.45, 7) is 0.983. The highest BCUT2D eigenvalue weighted by molar-refractivity contribution is 5.55. The van der Waals surface area contributed by atoms with Crippen molar-refractivity contribution < 1.29 is 19.3 Å². The van der Waals surface area contributed by atoms with Gasteiger partial charge in [0.2, 0.25) is 5.75 Å². The summed E-state index contributed by atoms with van der Waals surface area (Å²) in [7, 11) is 0. The van der Waals surface area contributed by atoms with Crippen molar-refractivity contribution in [3.63, 3.8) is 0 Å². The van der Waals surface area contributed by atoms with Crippen LogP contribution in [0.25, 0.3) is 0 Å². The molecule has 0 heterocycles. The van der Waals surface area contributed by atoms with Gasteiger partial charge in [-0.05, 0) is 16.7 Å². The van der Waals surface area contributed by atoms with Gasteiger partial charge in [-0.1, -0.05) is 91.0 Å². The van der Waals surface area contributed by atoms with Crippen molar-refractivity contribution in [2.24, 2.45) is 0 Å². The van der Waals surface area contributed by atoms with Crippen LogP contribution in [0.2, 0.25) is 0 Å². The van der Waals surface area contributed by atoms with Crippen molar-refractivity contribution in [2.45, 2.75) is 19.8 Å². The van der Waals surface area contributed by atoms with E-state index in [1.165, 1.54) is 12.1 Å². The van der Waals surface area contributed by atoms with Gasteiger partial charge in [0.1, 0.15) is 19.8 Å². The Morgan fingerprint density at radius 2 is 0.839 bits per heavy atom. The fraction of sp³-hybridized carbons (Fsp3) is 0.111. The van der Waals surface area contributed by atoms with Crippen molar-refractivity contribution in [1.29, 1.82) is 0 Å². The molecule has 4 heteroatoms. The molecule has 0 fully saturated rings. The van der Waals surface area contributed by atoms with Crippen molar-refractivity contribution in [3.05, 3.63) is 120 Å². The highest BCUT2D eigenvalue weighted by Gasteiger charge is 2.17. The first-order valence-electron chi connectivity index (χ1n) is 10.1. The lowest BCUT2D eigenvalue weighted by molar-refractivity contribution is 0.226. The van der Waals surface area contributed by atoms with Gasteiger partial charge in [-0.2, -0.15) is 0 Å². The van der Waals surface area contributed by atoms with Gasteiger partial charge in [0, 0.05) is 12.1 Å². The molecule has 1 radical (unpaired) electrons.